The van der Waals surface area contributed by atoms with Gasteiger partial charge in [0, 0.05) is 98.1 Å². The van der Waals surface area contributed by atoms with Crippen LogP contribution in [0.2, 0.25) is 0 Å². The third-order valence-corrected chi connectivity index (χ3v) is 1.44. The van der Waals surface area contributed by atoms with Crippen molar-refractivity contribution in [1.82, 2.24) is 15.5 Å². The zero-order valence-corrected chi connectivity index (χ0v) is 20.1. The summed E-state index contributed by atoms with van der Waals surface area (Å²) in [5, 5.41) is 4.11. The van der Waals surface area contributed by atoms with Crippen LogP contribution in [0.25, 0.3) is 17.6 Å². The molecule has 1 aliphatic rings. The van der Waals surface area contributed by atoms with Gasteiger partial charge in [0.05, 0.1) is 0 Å². The van der Waals surface area contributed by atoms with E-state index in [9.17, 15) is 14.4 Å². The molecule has 3 radical (unpaired) electrons. The quantitative estimate of drug-likeness (QED) is 0.506. The maximum atomic E-state index is 9.59. The second-order valence-corrected chi connectivity index (χ2v) is 2.59. The Morgan fingerprint density at radius 3 is 1.25 bits per heavy atom. The van der Waals surface area contributed by atoms with E-state index < -0.39 is 12.1 Å². The van der Waals surface area contributed by atoms with Gasteiger partial charge in [0.15, 0.2) is 0 Å². The predicted molar refractivity (Wildman–Crippen MR) is 64.7 cm³/mol. The summed E-state index contributed by atoms with van der Waals surface area (Å²) in [4.78, 5) is 29.9. The number of amides is 5. The van der Waals surface area contributed by atoms with Crippen LogP contribution in [0.1, 0.15) is 6.42 Å². The molecule has 5 amide bonds. The third-order valence-electron chi connectivity index (χ3n) is 1.44. The Hall–Kier alpha value is 1.28. The number of carbonyl (C=O) groups excluding carboxylic acids is 3. The average Bonchev–Trinajstić information content (AvgIpc) is 2.18. The van der Waals surface area contributed by atoms with Gasteiger partial charge >= 0.3 is 0 Å². The van der Waals surface area contributed by atoms with Crippen molar-refractivity contribution >= 4 is 18.5 Å². The second kappa shape index (κ2) is 28.4. The molecule has 0 aromatic carbocycles. The zero-order valence-electron chi connectivity index (χ0n) is 11.6. The summed E-state index contributed by atoms with van der Waals surface area (Å²) < 4.78 is 0. The summed E-state index contributed by atoms with van der Waals surface area (Å²) in [6, 6.07) is -1.49. The third kappa shape index (κ3) is 36.5. The summed E-state index contributed by atoms with van der Waals surface area (Å²) in [5.41, 5.74) is 12.2. The average molecular weight is 513 g/mol. The Kier molecular flexibility index (Phi) is 53.3. The van der Waals surface area contributed by atoms with E-state index in [-0.39, 0.29) is 104 Å². The molecule has 0 atom stereocenters. The molecule has 1 aliphatic heterocycles. The fourth-order valence-electron chi connectivity index (χ4n) is 0.408. The van der Waals surface area contributed by atoms with Gasteiger partial charge < -0.3 is 37.9 Å². The maximum Gasteiger partial charge on any atom is 0.149 e. The molecule has 1 rings (SSSR count). The van der Waals surface area contributed by atoms with Gasteiger partial charge in [-0.2, -0.15) is 6.41 Å². The molecule has 0 unspecified atom stereocenters. The number of nitrogens with one attached hydrogen (secondary N) is 4. The van der Waals surface area contributed by atoms with Crippen molar-refractivity contribution in [3.8, 4) is 0 Å². The number of hydrogen-bond acceptors (Lipinski definition) is 3. The molecule has 9 nitrogen and oxygen atoms in total. The molecule has 0 bridgehead atoms. The van der Waals surface area contributed by atoms with Crippen molar-refractivity contribution in [2.45, 2.75) is 6.42 Å². The van der Waals surface area contributed by atoms with Gasteiger partial charge in [-0.25, -0.2) is 0 Å². The molecule has 1 fully saturated rings. The first-order chi connectivity index (χ1) is 7.47. The van der Waals surface area contributed by atoms with E-state index in [0.717, 1.165) is 19.5 Å². The van der Waals surface area contributed by atoms with Crippen LogP contribution in [0.4, 0.5) is 9.59 Å². The van der Waals surface area contributed by atoms with Gasteiger partial charge in [0.25, 0.3) is 0 Å². The van der Waals surface area contributed by atoms with Crippen molar-refractivity contribution in [2.75, 3.05) is 27.2 Å². The standard InChI is InChI=1S/C4H6NO.2C2H6N2O.H2N.3Y/c6-4-5-2-1-3-5;2*1-4-2(3)5;;;;/h1-3H2;2*1H3,(H3,3,4,5);1H2;;;/q-1;;;-1;;;/p-2. The van der Waals surface area contributed by atoms with E-state index >= 15 is 0 Å². The summed E-state index contributed by atoms with van der Waals surface area (Å²) in [6.07, 6.45) is 2.95. The Morgan fingerprint density at radius 1 is 1.00 bits per heavy atom. The van der Waals surface area contributed by atoms with Crippen LogP contribution >= 0.6 is 0 Å². The number of carbonyl (C=O) groups is 2. The van der Waals surface area contributed by atoms with Gasteiger partial charge in [-0.3, -0.25) is 9.59 Å². The van der Waals surface area contributed by atoms with Crippen LogP contribution in [0, 0.1) is 0 Å². The predicted octanol–water partition coefficient (Wildman–Crippen LogP) is 1.22. The molecule has 6 N–H and O–H groups in total. The summed E-state index contributed by atoms with van der Waals surface area (Å²) >= 11 is 0. The molecule has 0 aromatic heterocycles. The molecule has 0 aliphatic carbocycles. The van der Waals surface area contributed by atoms with Crippen LogP contribution in [0.3, 0.4) is 0 Å². The molecule has 12 heteroatoms. The van der Waals surface area contributed by atoms with Crippen molar-refractivity contribution in [3.63, 3.8) is 0 Å². The molecule has 1 heterocycles. The largest absolute Gasteiger partial charge is 0.693 e. The minimum atomic E-state index is -0.745. The number of nitrogens with zero attached hydrogens (tertiary/aromatic N) is 1. The first-order valence-corrected chi connectivity index (χ1v) is 4.47. The SMILES string of the molecule is CNC([NH-])=O.CNC([NH-])=O.O=[C-]N1CCC1.[NH2-].[Y].[Y].[Y]. The second-order valence-electron chi connectivity index (χ2n) is 2.59. The molecule has 0 aromatic rings. The summed E-state index contributed by atoms with van der Waals surface area (Å²) in [7, 11) is 2.82. The fourth-order valence-corrected chi connectivity index (χ4v) is 0.408. The van der Waals surface area contributed by atoms with Crippen LogP contribution < -0.4 is 10.6 Å². The molecule has 0 saturated carbocycles. The number of hydrogen-bond donors (Lipinski definition) is 2. The fraction of sp³-hybridized carbons (Fsp3) is 0.625. The van der Waals surface area contributed by atoms with Crippen molar-refractivity contribution in [3.05, 3.63) is 17.6 Å². The summed E-state index contributed by atoms with van der Waals surface area (Å²) in [6.45, 7) is 1.84. The Labute approximate surface area is 195 Å². The van der Waals surface area contributed by atoms with Crippen molar-refractivity contribution < 1.29 is 113 Å². The first-order valence-electron chi connectivity index (χ1n) is 4.47. The first kappa shape index (κ1) is 37.5. The van der Waals surface area contributed by atoms with Crippen LogP contribution in [0.5, 0.6) is 0 Å². The molecule has 0 spiro atoms. The van der Waals surface area contributed by atoms with Crippen LogP contribution in [0.15, 0.2) is 0 Å². The molecule has 111 valence electrons. The van der Waals surface area contributed by atoms with E-state index in [0.29, 0.717) is 0 Å². The Bertz CT molecular complexity index is 218. The maximum absolute atomic E-state index is 9.59. The van der Waals surface area contributed by atoms with Crippen molar-refractivity contribution in [1.29, 1.82) is 0 Å². The van der Waals surface area contributed by atoms with Crippen LogP contribution in [-0.4, -0.2) is 50.6 Å². The minimum absolute atomic E-state index is 0. The monoisotopic (exact) mass is 513 g/mol. The van der Waals surface area contributed by atoms with E-state index in [4.69, 9.17) is 11.5 Å². The number of nitrogens with two attached hydrogens (primary N) is 1. The van der Waals surface area contributed by atoms with Crippen LogP contribution in [-0.2, 0) is 103 Å². The smallest absolute Gasteiger partial charge is 0.149 e. The van der Waals surface area contributed by atoms with Gasteiger partial charge in [0.1, 0.15) is 12.1 Å². The topological polar surface area (TPSA) is 160 Å². The number of likely N-dealkylation sites (tertiary alicyclic amines) is 1. The van der Waals surface area contributed by atoms with Gasteiger partial charge in [-0.05, 0) is 19.5 Å². The van der Waals surface area contributed by atoms with Gasteiger partial charge in [-0.15, -0.1) is 0 Å². The van der Waals surface area contributed by atoms with E-state index in [2.05, 4.69) is 10.6 Å². The summed E-state index contributed by atoms with van der Waals surface area (Å²) in [5.74, 6) is 0. The van der Waals surface area contributed by atoms with Crippen molar-refractivity contribution in [2.24, 2.45) is 0 Å². The normalized spacial score (nSPS) is 9.20. The van der Waals surface area contributed by atoms with Gasteiger partial charge in [-0.1, -0.05) is 14.1 Å². The molecule has 1 saturated heterocycles. The Morgan fingerprint density at radius 2 is 1.25 bits per heavy atom. The van der Waals surface area contributed by atoms with E-state index in [1.54, 1.807) is 11.3 Å². The number of rotatable bonds is 1. The van der Waals surface area contributed by atoms with Gasteiger partial charge in [0.2, 0.25) is 0 Å². The minimum Gasteiger partial charge on any atom is -0.693 e. The van der Waals surface area contributed by atoms with E-state index in [1.165, 1.54) is 14.1 Å². The molecular weight excluding hydrogens is 495 g/mol. The number of urea groups is 2. The molecule has 20 heavy (non-hydrogen) atoms. The Balaban J connectivity index is -0.0000000337. The molecular formula is C8H18N6O3Y3-4. The zero-order chi connectivity index (χ0) is 13.0. The van der Waals surface area contributed by atoms with E-state index in [1.807, 2.05) is 0 Å².